The maximum atomic E-state index is 12.0. The van der Waals surface area contributed by atoms with Gasteiger partial charge in [-0.05, 0) is 48.4 Å². The summed E-state index contributed by atoms with van der Waals surface area (Å²) in [6, 6.07) is 18.9. The predicted octanol–water partition coefficient (Wildman–Crippen LogP) is 4.26. The minimum Gasteiger partial charge on any atom is -0.493 e. The average Bonchev–Trinajstić information content (AvgIpc) is 2.80. The Balaban J connectivity index is 1.44. The van der Waals surface area contributed by atoms with E-state index < -0.39 is 0 Å². The van der Waals surface area contributed by atoms with Crippen LogP contribution in [-0.2, 0) is 6.42 Å². The van der Waals surface area contributed by atoms with E-state index in [0.29, 0.717) is 24.5 Å². The molecule has 0 bridgehead atoms. The van der Waals surface area contributed by atoms with Gasteiger partial charge in [0.2, 0.25) is 0 Å². The molecule has 0 unspecified atom stereocenters. The van der Waals surface area contributed by atoms with Crippen LogP contribution in [0.25, 0.3) is 0 Å². The molecular formula is C24H25N3O3. The van der Waals surface area contributed by atoms with Crippen LogP contribution in [0.15, 0.2) is 78.2 Å². The van der Waals surface area contributed by atoms with Crippen molar-refractivity contribution in [2.24, 2.45) is 5.10 Å². The number of ether oxygens (including phenoxy) is 2. The minimum atomic E-state index is -0.295. The van der Waals surface area contributed by atoms with E-state index in [1.807, 2.05) is 36.4 Å². The second-order valence-corrected chi connectivity index (χ2v) is 6.52. The molecule has 1 aromatic heterocycles. The van der Waals surface area contributed by atoms with Gasteiger partial charge in [0.15, 0.2) is 0 Å². The molecule has 0 spiro atoms. The summed E-state index contributed by atoms with van der Waals surface area (Å²) in [5.41, 5.74) is 5.07. The number of rotatable bonds is 10. The predicted molar refractivity (Wildman–Crippen MR) is 117 cm³/mol. The van der Waals surface area contributed by atoms with Crippen LogP contribution in [0, 0.1) is 0 Å². The molecule has 0 atom stereocenters. The van der Waals surface area contributed by atoms with Gasteiger partial charge in [-0.25, -0.2) is 5.43 Å². The Morgan fingerprint density at radius 2 is 1.73 bits per heavy atom. The van der Waals surface area contributed by atoms with E-state index in [-0.39, 0.29) is 5.91 Å². The summed E-state index contributed by atoms with van der Waals surface area (Å²) >= 11 is 0. The molecule has 0 saturated heterocycles. The third-order valence-corrected chi connectivity index (χ3v) is 4.38. The highest BCUT2D eigenvalue weighted by atomic mass is 16.5. The Kier molecular flexibility index (Phi) is 7.97. The van der Waals surface area contributed by atoms with Gasteiger partial charge in [-0.2, -0.15) is 5.10 Å². The molecule has 0 aliphatic carbocycles. The molecule has 154 valence electrons. The number of hydrogen-bond donors (Lipinski definition) is 1. The molecule has 1 N–H and O–H groups in total. The van der Waals surface area contributed by atoms with Gasteiger partial charge in [-0.15, -0.1) is 0 Å². The molecule has 30 heavy (non-hydrogen) atoms. The standard InChI is InChI=1S/C24H25N3O3/c1-2-19-8-10-22(11-9-19)29-16-5-17-30-23-7-4-3-6-21(23)18-26-27-24(28)20-12-14-25-15-13-20/h3-4,6-15,18H,2,5,16-17H2,1H3,(H,27,28)/b26-18+. The number of hydrazone groups is 1. The van der Waals surface area contributed by atoms with Gasteiger partial charge in [0.1, 0.15) is 11.5 Å². The number of hydrogen-bond acceptors (Lipinski definition) is 5. The lowest BCUT2D eigenvalue weighted by atomic mass is 10.2. The molecule has 3 aromatic rings. The van der Waals surface area contributed by atoms with Gasteiger partial charge in [0.05, 0.1) is 19.4 Å². The van der Waals surface area contributed by atoms with E-state index in [9.17, 15) is 4.79 Å². The largest absolute Gasteiger partial charge is 0.493 e. The number of aromatic nitrogens is 1. The molecular weight excluding hydrogens is 378 g/mol. The second kappa shape index (κ2) is 11.4. The number of nitrogens with zero attached hydrogens (tertiary/aromatic N) is 2. The summed E-state index contributed by atoms with van der Waals surface area (Å²) in [4.78, 5) is 15.9. The van der Waals surface area contributed by atoms with E-state index in [0.717, 1.165) is 24.2 Å². The van der Waals surface area contributed by atoms with Crippen molar-refractivity contribution in [1.29, 1.82) is 0 Å². The van der Waals surface area contributed by atoms with Crippen LogP contribution < -0.4 is 14.9 Å². The van der Waals surface area contributed by atoms with Crippen LogP contribution in [0.4, 0.5) is 0 Å². The molecule has 0 radical (unpaired) electrons. The summed E-state index contributed by atoms with van der Waals surface area (Å²) < 4.78 is 11.6. The molecule has 0 saturated carbocycles. The zero-order chi connectivity index (χ0) is 21.0. The Bertz CT molecular complexity index is 957. The number of nitrogens with one attached hydrogen (secondary N) is 1. The van der Waals surface area contributed by atoms with Gasteiger partial charge in [-0.1, -0.05) is 31.2 Å². The van der Waals surface area contributed by atoms with Crippen molar-refractivity contribution < 1.29 is 14.3 Å². The molecule has 6 heteroatoms. The maximum absolute atomic E-state index is 12.0. The van der Waals surface area contributed by atoms with Crippen LogP contribution >= 0.6 is 0 Å². The van der Waals surface area contributed by atoms with E-state index >= 15 is 0 Å². The second-order valence-electron chi connectivity index (χ2n) is 6.52. The lowest BCUT2D eigenvalue weighted by Crippen LogP contribution is -2.17. The molecule has 1 heterocycles. The van der Waals surface area contributed by atoms with Crippen molar-refractivity contribution in [3.63, 3.8) is 0 Å². The number of amides is 1. The van der Waals surface area contributed by atoms with E-state index in [2.05, 4.69) is 34.6 Å². The normalized spacial score (nSPS) is 10.7. The summed E-state index contributed by atoms with van der Waals surface area (Å²) in [5.74, 6) is 1.27. The first-order valence-electron chi connectivity index (χ1n) is 9.93. The highest BCUT2D eigenvalue weighted by molar-refractivity contribution is 5.94. The van der Waals surface area contributed by atoms with Crippen LogP contribution in [0.5, 0.6) is 11.5 Å². The first-order chi connectivity index (χ1) is 14.8. The Labute approximate surface area is 176 Å². The number of carbonyl (C=O) groups excluding carboxylic acids is 1. The Morgan fingerprint density at radius 3 is 2.50 bits per heavy atom. The topological polar surface area (TPSA) is 72.8 Å². The third kappa shape index (κ3) is 6.44. The van der Waals surface area contributed by atoms with Crippen molar-refractivity contribution in [2.45, 2.75) is 19.8 Å². The highest BCUT2D eigenvalue weighted by Crippen LogP contribution is 2.16. The lowest BCUT2D eigenvalue weighted by molar-refractivity contribution is 0.0955. The first kappa shape index (κ1) is 21.0. The summed E-state index contributed by atoms with van der Waals surface area (Å²) in [5, 5.41) is 4.03. The van der Waals surface area contributed by atoms with Gasteiger partial charge in [0.25, 0.3) is 5.91 Å². The fourth-order valence-corrected chi connectivity index (χ4v) is 2.70. The molecule has 6 nitrogen and oxygen atoms in total. The molecule has 1 amide bonds. The molecule has 0 fully saturated rings. The van der Waals surface area contributed by atoms with Crippen LogP contribution in [0.3, 0.4) is 0 Å². The Hall–Kier alpha value is -3.67. The smallest absolute Gasteiger partial charge is 0.271 e. The van der Waals surface area contributed by atoms with Gasteiger partial charge >= 0.3 is 0 Å². The van der Waals surface area contributed by atoms with Gasteiger partial charge in [-0.3, -0.25) is 9.78 Å². The zero-order valence-corrected chi connectivity index (χ0v) is 17.0. The number of benzene rings is 2. The summed E-state index contributed by atoms with van der Waals surface area (Å²) in [6.45, 7) is 3.22. The number of pyridine rings is 1. The summed E-state index contributed by atoms with van der Waals surface area (Å²) in [6.07, 6.45) is 6.46. The number of aryl methyl sites for hydroxylation is 1. The third-order valence-electron chi connectivity index (χ3n) is 4.38. The van der Waals surface area contributed by atoms with Gasteiger partial charge in [0, 0.05) is 29.9 Å². The van der Waals surface area contributed by atoms with Crippen LogP contribution in [0.1, 0.15) is 34.8 Å². The van der Waals surface area contributed by atoms with Crippen LogP contribution in [0.2, 0.25) is 0 Å². The maximum Gasteiger partial charge on any atom is 0.271 e. The molecule has 3 rings (SSSR count). The van der Waals surface area contributed by atoms with E-state index in [1.54, 1.807) is 30.7 Å². The summed E-state index contributed by atoms with van der Waals surface area (Å²) in [7, 11) is 0. The quantitative estimate of drug-likeness (QED) is 0.312. The number of carbonyl (C=O) groups is 1. The lowest BCUT2D eigenvalue weighted by Gasteiger charge is -2.10. The van der Waals surface area contributed by atoms with Crippen molar-refractivity contribution in [1.82, 2.24) is 10.4 Å². The highest BCUT2D eigenvalue weighted by Gasteiger charge is 2.04. The first-order valence-corrected chi connectivity index (χ1v) is 9.93. The van der Waals surface area contributed by atoms with Crippen molar-refractivity contribution in [3.05, 3.63) is 89.7 Å². The zero-order valence-electron chi connectivity index (χ0n) is 17.0. The molecule has 0 aliphatic rings. The van der Waals surface area contributed by atoms with Crippen molar-refractivity contribution in [3.8, 4) is 11.5 Å². The van der Waals surface area contributed by atoms with Crippen molar-refractivity contribution >= 4 is 12.1 Å². The minimum absolute atomic E-state index is 0.295. The van der Waals surface area contributed by atoms with E-state index in [1.165, 1.54) is 5.56 Å². The fourth-order valence-electron chi connectivity index (χ4n) is 2.70. The monoisotopic (exact) mass is 403 g/mol. The fraction of sp³-hybridized carbons (Fsp3) is 0.208. The van der Waals surface area contributed by atoms with Crippen LogP contribution in [-0.4, -0.2) is 30.3 Å². The SMILES string of the molecule is CCc1ccc(OCCCOc2ccccc2/C=N/NC(=O)c2ccncc2)cc1. The Morgan fingerprint density at radius 1 is 1.00 bits per heavy atom. The molecule has 2 aromatic carbocycles. The number of para-hydroxylation sites is 1. The van der Waals surface area contributed by atoms with E-state index in [4.69, 9.17) is 9.47 Å². The molecule has 0 aliphatic heterocycles. The van der Waals surface area contributed by atoms with Gasteiger partial charge < -0.3 is 9.47 Å². The van der Waals surface area contributed by atoms with Crippen molar-refractivity contribution in [2.75, 3.05) is 13.2 Å². The average molecular weight is 403 g/mol.